The molecule has 0 aromatic heterocycles. The molecule has 2 aliphatic rings. The lowest BCUT2D eigenvalue weighted by Gasteiger charge is -2.28. The normalized spacial score (nSPS) is 18.9. The van der Waals surface area contributed by atoms with E-state index in [-0.39, 0.29) is 34.9 Å². The highest BCUT2D eigenvalue weighted by atomic mass is 19.1. The van der Waals surface area contributed by atoms with Crippen molar-refractivity contribution in [1.82, 2.24) is 10.2 Å². The van der Waals surface area contributed by atoms with Crippen molar-refractivity contribution in [3.05, 3.63) is 94.6 Å². The van der Waals surface area contributed by atoms with Crippen LogP contribution in [0.1, 0.15) is 89.5 Å². The summed E-state index contributed by atoms with van der Waals surface area (Å²) in [5.41, 5.74) is 9.16. The van der Waals surface area contributed by atoms with E-state index in [1.54, 1.807) is 29.2 Å². The highest BCUT2D eigenvalue weighted by molar-refractivity contribution is 6.07. The fraction of sp³-hybridized carbons (Fsp3) is 0.417. The van der Waals surface area contributed by atoms with Crippen LogP contribution in [0.4, 0.5) is 20.2 Å². The van der Waals surface area contributed by atoms with Crippen molar-refractivity contribution in [1.29, 1.82) is 0 Å². The molecule has 8 nitrogen and oxygen atoms in total. The molecule has 3 amide bonds. The Morgan fingerprint density at radius 2 is 1.41 bits per heavy atom. The monoisotopic (exact) mass is 631 g/mol. The number of halogens is 2. The summed E-state index contributed by atoms with van der Waals surface area (Å²) >= 11 is 0. The highest BCUT2D eigenvalue weighted by Crippen LogP contribution is 2.30. The van der Waals surface area contributed by atoms with Gasteiger partial charge in [-0.3, -0.25) is 14.4 Å². The molecule has 0 unspecified atom stereocenters. The number of hydrogen-bond donors (Lipinski definition) is 3. The third kappa shape index (κ3) is 8.09. The van der Waals surface area contributed by atoms with Gasteiger partial charge in [-0.1, -0.05) is 32.9 Å². The third-order valence-corrected chi connectivity index (χ3v) is 8.86. The summed E-state index contributed by atoms with van der Waals surface area (Å²) in [6.45, 7) is 8.03. The van der Waals surface area contributed by atoms with Gasteiger partial charge in [-0.25, -0.2) is 8.78 Å². The number of amides is 3. The predicted octanol–water partition coefficient (Wildman–Crippen LogP) is 5.87. The maximum atomic E-state index is 13.8. The van der Waals surface area contributed by atoms with E-state index >= 15 is 0 Å². The number of rotatable bonds is 6. The predicted molar refractivity (Wildman–Crippen MR) is 176 cm³/mol. The Kier molecular flexibility index (Phi) is 10.1. The van der Waals surface area contributed by atoms with Gasteiger partial charge in [0.1, 0.15) is 11.6 Å². The summed E-state index contributed by atoms with van der Waals surface area (Å²) in [4.78, 5) is 43.6. The van der Waals surface area contributed by atoms with Crippen molar-refractivity contribution < 1.29 is 23.2 Å². The van der Waals surface area contributed by atoms with Crippen LogP contribution in [-0.2, 0) is 5.41 Å². The van der Waals surface area contributed by atoms with Gasteiger partial charge >= 0.3 is 0 Å². The van der Waals surface area contributed by atoms with Crippen molar-refractivity contribution in [3.63, 3.8) is 0 Å². The summed E-state index contributed by atoms with van der Waals surface area (Å²) in [5.74, 6) is -2.57. The molecule has 0 atom stereocenters. The van der Waals surface area contributed by atoms with Gasteiger partial charge in [0.15, 0.2) is 0 Å². The fourth-order valence-corrected chi connectivity index (χ4v) is 6.12. The molecule has 10 heteroatoms. The van der Waals surface area contributed by atoms with Gasteiger partial charge < -0.3 is 26.2 Å². The number of hydrogen-bond acceptors (Lipinski definition) is 5. The number of nitrogens with zero attached hydrogens (tertiary/aromatic N) is 2. The van der Waals surface area contributed by atoms with Crippen LogP contribution in [0.25, 0.3) is 0 Å². The second-order valence-corrected chi connectivity index (χ2v) is 13.4. The van der Waals surface area contributed by atoms with Crippen LogP contribution in [-0.4, -0.2) is 60.9 Å². The molecule has 0 spiro atoms. The molecule has 1 saturated heterocycles. The zero-order chi connectivity index (χ0) is 33.0. The first kappa shape index (κ1) is 33.1. The van der Waals surface area contributed by atoms with E-state index in [1.807, 2.05) is 18.2 Å². The molecule has 1 heterocycles. The minimum atomic E-state index is -0.801. The summed E-state index contributed by atoms with van der Waals surface area (Å²) < 4.78 is 27.6. The Bertz CT molecular complexity index is 1560. The number of nitrogens with two attached hydrogens (primary N) is 1. The third-order valence-electron chi connectivity index (χ3n) is 8.86. The fourth-order valence-electron chi connectivity index (χ4n) is 6.12. The average Bonchev–Trinajstić information content (AvgIpc) is 3.27. The van der Waals surface area contributed by atoms with Gasteiger partial charge in [0, 0.05) is 61.0 Å². The van der Waals surface area contributed by atoms with Crippen LogP contribution < -0.4 is 21.3 Å². The van der Waals surface area contributed by atoms with Crippen LogP contribution in [0.2, 0.25) is 0 Å². The Morgan fingerprint density at radius 3 is 2.07 bits per heavy atom. The molecule has 0 radical (unpaired) electrons. The SMILES string of the molecule is CC(C)(C)c1ccc(C(=O)Nc2cc(C(=O)NC3CCC(N)CC3)ccc2N2CCCN(C(=O)c3cc(F)cc(F)c3)CC2)cc1. The largest absolute Gasteiger partial charge is 0.368 e. The van der Waals surface area contributed by atoms with Gasteiger partial charge in [0.25, 0.3) is 17.7 Å². The zero-order valence-electron chi connectivity index (χ0n) is 26.7. The molecule has 244 valence electrons. The highest BCUT2D eigenvalue weighted by Gasteiger charge is 2.25. The van der Waals surface area contributed by atoms with E-state index in [4.69, 9.17) is 5.73 Å². The van der Waals surface area contributed by atoms with E-state index < -0.39 is 17.5 Å². The smallest absolute Gasteiger partial charge is 0.255 e. The van der Waals surface area contributed by atoms with Crippen molar-refractivity contribution in [3.8, 4) is 0 Å². The molecular formula is C36H43F2N5O3. The molecule has 0 bridgehead atoms. The standard InChI is InChI=1S/C36H43F2N5O3/c1-36(2,3)26-8-5-23(6-9-26)33(44)41-31-21-24(34(45)40-30-12-10-29(39)11-13-30)7-14-32(31)42-15-4-16-43(18-17-42)35(46)25-19-27(37)22-28(38)20-25/h5-9,14,19-22,29-30H,4,10-13,15-18,39H2,1-3H3,(H,40,45)(H,41,44). The first-order valence-corrected chi connectivity index (χ1v) is 16.0. The number of nitrogens with one attached hydrogen (secondary N) is 2. The van der Waals surface area contributed by atoms with E-state index in [0.717, 1.165) is 49.4 Å². The summed E-state index contributed by atoms with van der Waals surface area (Å²) in [6.07, 6.45) is 3.97. The average molecular weight is 632 g/mol. The van der Waals surface area contributed by atoms with Crippen molar-refractivity contribution >= 4 is 29.1 Å². The van der Waals surface area contributed by atoms with Crippen LogP contribution in [0, 0.1) is 11.6 Å². The van der Waals surface area contributed by atoms with Gasteiger partial charge in [-0.05, 0) is 85.5 Å². The maximum absolute atomic E-state index is 13.8. The van der Waals surface area contributed by atoms with Crippen LogP contribution in [0.15, 0.2) is 60.7 Å². The van der Waals surface area contributed by atoms with Gasteiger partial charge in [-0.15, -0.1) is 0 Å². The maximum Gasteiger partial charge on any atom is 0.255 e. The molecule has 5 rings (SSSR count). The van der Waals surface area contributed by atoms with Gasteiger partial charge in [0.05, 0.1) is 11.4 Å². The van der Waals surface area contributed by atoms with Crippen LogP contribution >= 0.6 is 0 Å². The van der Waals surface area contributed by atoms with Crippen molar-refractivity contribution in [2.75, 3.05) is 36.4 Å². The zero-order valence-corrected chi connectivity index (χ0v) is 26.7. The quantitative estimate of drug-likeness (QED) is 0.316. The van der Waals surface area contributed by atoms with E-state index in [0.29, 0.717) is 55.1 Å². The molecule has 46 heavy (non-hydrogen) atoms. The molecule has 4 N–H and O–H groups in total. The Labute approximate surface area is 269 Å². The molecule has 1 saturated carbocycles. The minimum absolute atomic E-state index is 0.0355. The Hall–Kier alpha value is -4.31. The molecule has 2 fully saturated rings. The molecule has 3 aromatic carbocycles. The number of carbonyl (C=O) groups excluding carboxylic acids is 3. The second kappa shape index (κ2) is 14.0. The first-order chi connectivity index (χ1) is 21.9. The molecular weight excluding hydrogens is 588 g/mol. The molecule has 1 aliphatic heterocycles. The number of benzene rings is 3. The lowest BCUT2D eigenvalue weighted by Crippen LogP contribution is -2.40. The first-order valence-electron chi connectivity index (χ1n) is 16.0. The van der Waals surface area contributed by atoms with Crippen molar-refractivity contribution in [2.45, 2.75) is 70.4 Å². The summed E-state index contributed by atoms with van der Waals surface area (Å²) in [5, 5.41) is 6.16. The number of carbonyl (C=O) groups is 3. The molecule has 3 aromatic rings. The topological polar surface area (TPSA) is 108 Å². The summed E-state index contributed by atoms with van der Waals surface area (Å²) in [6, 6.07) is 15.8. The van der Waals surface area contributed by atoms with Crippen LogP contribution in [0.5, 0.6) is 0 Å². The Balaban J connectivity index is 1.37. The van der Waals surface area contributed by atoms with E-state index in [2.05, 4.69) is 36.3 Å². The van der Waals surface area contributed by atoms with Crippen LogP contribution in [0.3, 0.4) is 0 Å². The van der Waals surface area contributed by atoms with Crippen molar-refractivity contribution in [2.24, 2.45) is 5.73 Å². The number of anilines is 2. The van der Waals surface area contributed by atoms with Gasteiger partial charge in [0.2, 0.25) is 0 Å². The second-order valence-electron chi connectivity index (χ2n) is 13.4. The summed E-state index contributed by atoms with van der Waals surface area (Å²) in [7, 11) is 0. The lowest BCUT2D eigenvalue weighted by molar-refractivity contribution is 0.0765. The minimum Gasteiger partial charge on any atom is -0.368 e. The molecule has 1 aliphatic carbocycles. The van der Waals surface area contributed by atoms with E-state index in [1.165, 1.54) is 0 Å². The Morgan fingerprint density at radius 1 is 0.761 bits per heavy atom. The van der Waals surface area contributed by atoms with E-state index in [9.17, 15) is 23.2 Å². The van der Waals surface area contributed by atoms with Gasteiger partial charge in [-0.2, -0.15) is 0 Å². The lowest BCUT2D eigenvalue weighted by atomic mass is 9.86.